The number of nitrogens with two attached hydrogens (primary N) is 1. The van der Waals surface area contributed by atoms with Gasteiger partial charge in [-0.2, -0.15) is 0 Å². The molecular formula is C18H22N2O. The van der Waals surface area contributed by atoms with Crippen LogP contribution >= 0.6 is 0 Å². The molecule has 2 aromatic carbocycles. The maximum absolute atomic E-state index is 12.7. The second kappa shape index (κ2) is 6.10. The van der Waals surface area contributed by atoms with Crippen LogP contribution in [0.15, 0.2) is 48.5 Å². The van der Waals surface area contributed by atoms with Gasteiger partial charge >= 0.3 is 0 Å². The average Bonchev–Trinajstić information content (AvgIpc) is 2.48. The van der Waals surface area contributed by atoms with Crippen LogP contribution in [0.3, 0.4) is 0 Å². The zero-order chi connectivity index (χ0) is 15.5. The minimum absolute atomic E-state index is 0.0811. The first-order chi connectivity index (χ1) is 9.98. The van der Waals surface area contributed by atoms with Gasteiger partial charge in [0.2, 0.25) is 0 Å². The third-order valence-electron chi connectivity index (χ3n) is 3.92. The number of hydrogen-bond donors (Lipinski definition) is 2. The first-order valence-electron chi connectivity index (χ1n) is 7.12. The fourth-order valence-electron chi connectivity index (χ4n) is 2.53. The highest BCUT2D eigenvalue weighted by molar-refractivity contribution is 5.97. The van der Waals surface area contributed by atoms with Crippen molar-refractivity contribution in [1.82, 2.24) is 5.32 Å². The maximum Gasteiger partial charge on any atom is 0.252 e. The Hall–Kier alpha value is -2.13. The third-order valence-corrected chi connectivity index (χ3v) is 3.92. The van der Waals surface area contributed by atoms with Crippen LogP contribution < -0.4 is 11.1 Å². The van der Waals surface area contributed by atoms with Gasteiger partial charge in [0.15, 0.2) is 0 Å². The molecule has 0 aliphatic heterocycles. The fraction of sp³-hybridized carbons (Fsp3) is 0.278. The van der Waals surface area contributed by atoms with Crippen molar-refractivity contribution in [3.8, 4) is 0 Å². The lowest BCUT2D eigenvalue weighted by Gasteiger charge is -2.30. The van der Waals surface area contributed by atoms with E-state index in [2.05, 4.69) is 5.32 Å². The second-order valence-corrected chi connectivity index (χ2v) is 5.62. The third kappa shape index (κ3) is 3.14. The van der Waals surface area contributed by atoms with E-state index in [1.165, 1.54) is 0 Å². The van der Waals surface area contributed by atoms with Crippen LogP contribution in [0.4, 0.5) is 0 Å². The molecule has 0 heterocycles. The predicted octanol–water partition coefficient (Wildman–Crippen LogP) is 2.91. The van der Waals surface area contributed by atoms with E-state index in [-0.39, 0.29) is 5.91 Å². The Kier molecular flexibility index (Phi) is 4.43. The summed E-state index contributed by atoms with van der Waals surface area (Å²) in [5, 5.41) is 3.09. The molecule has 0 spiro atoms. The smallest absolute Gasteiger partial charge is 0.252 e. The van der Waals surface area contributed by atoms with Crippen molar-refractivity contribution in [3.63, 3.8) is 0 Å². The van der Waals surface area contributed by atoms with E-state index >= 15 is 0 Å². The molecule has 0 aromatic heterocycles. The molecule has 1 atom stereocenters. The van der Waals surface area contributed by atoms with E-state index in [1.807, 2.05) is 69.3 Å². The zero-order valence-electron chi connectivity index (χ0n) is 12.8. The summed E-state index contributed by atoms with van der Waals surface area (Å²) in [5.74, 6) is -0.0811. The molecule has 3 N–H and O–H groups in total. The van der Waals surface area contributed by atoms with Crippen molar-refractivity contribution < 1.29 is 4.79 Å². The summed E-state index contributed by atoms with van der Waals surface area (Å²) in [7, 11) is 0. The van der Waals surface area contributed by atoms with Gasteiger partial charge in [-0.15, -0.1) is 0 Å². The molecule has 0 aliphatic rings. The van der Waals surface area contributed by atoms with Crippen LogP contribution in [0.1, 0.15) is 34.0 Å². The van der Waals surface area contributed by atoms with Gasteiger partial charge in [0.05, 0.1) is 5.54 Å². The summed E-state index contributed by atoms with van der Waals surface area (Å²) in [5.41, 5.74) is 9.03. The van der Waals surface area contributed by atoms with Crippen molar-refractivity contribution in [1.29, 1.82) is 0 Å². The highest BCUT2D eigenvalue weighted by Crippen LogP contribution is 2.21. The normalized spacial score (nSPS) is 13.5. The van der Waals surface area contributed by atoms with E-state index in [0.717, 1.165) is 22.3 Å². The molecule has 0 bridgehead atoms. The molecule has 21 heavy (non-hydrogen) atoms. The van der Waals surface area contributed by atoms with Gasteiger partial charge in [-0.1, -0.05) is 48.5 Å². The van der Waals surface area contributed by atoms with Crippen molar-refractivity contribution >= 4 is 5.91 Å². The monoisotopic (exact) mass is 282 g/mol. The lowest BCUT2D eigenvalue weighted by atomic mass is 9.91. The van der Waals surface area contributed by atoms with Crippen molar-refractivity contribution in [2.75, 3.05) is 6.54 Å². The van der Waals surface area contributed by atoms with Gasteiger partial charge in [-0.05, 0) is 37.5 Å². The Balaban J connectivity index is 2.33. The number of aryl methyl sites for hydroxylation is 2. The SMILES string of the molecule is Cc1cccc(C)c1C(=O)NC(C)(CN)c1ccccc1. The van der Waals surface area contributed by atoms with Crippen LogP contribution in [0.5, 0.6) is 0 Å². The molecule has 110 valence electrons. The highest BCUT2D eigenvalue weighted by atomic mass is 16.1. The molecule has 0 fully saturated rings. The van der Waals surface area contributed by atoms with Gasteiger partial charge in [-0.25, -0.2) is 0 Å². The predicted molar refractivity (Wildman–Crippen MR) is 86.2 cm³/mol. The molecule has 1 amide bonds. The standard InChI is InChI=1S/C18H22N2O/c1-13-8-7-9-14(2)16(13)17(21)20-18(3,12-19)15-10-5-4-6-11-15/h4-11H,12,19H2,1-3H3,(H,20,21). The molecule has 3 nitrogen and oxygen atoms in total. The number of amides is 1. The topological polar surface area (TPSA) is 55.1 Å². The van der Waals surface area contributed by atoms with E-state index in [4.69, 9.17) is 5.73 Å². The molecule has 0 radical (unpaired) electrons. The number of hydrogen-bond acceptors (Lipinski definition) is 2. The molecule has 2 rings (SSSR count). The van der Waals surface area contributed by atoms with Crippen molar-refractivity contribution in [2.24, 2.45) is 5.73 Å². The Labute approximate surface area is 126 Å². The van der Waals surface area contributed by atoms with Gasteiger partial charge < -0.3 is 11.1 Å². The first kappa shape index (κ1) is 15.3. The largest absolute Gasteiger partial charge is 0.342 e. The fourth-order valence-corrected chi connectivity index (χ4v) is 2.53. The Morgan fingerprint density at radius 3 is 2.14 bits per heavy atom. The first-order valence-corrected chi connectivity index (χ1v) is 7.12. The van der Waals surface area contributed by atoms with Gasteiger partial charge in [0.1, 0.15) is 0 Å². The summed E-state index contributed by atoms with van der Waals surface area (Å²) in [4.78, 5) is 12.7. The lowest BCUT2D eigenvalue weighted by molar-refractivity contribution is 0.0906. The summed E-state index contributed by atoms with van der Waals surface area (Å²) in [6.07, 6.45) is 0. The summed E-state index contributed by atoms with van der Waals surface area (Å²) >= 11 is 0. The van der Waals surface area contributed by atoms with Crippen LogP contribution in [0.2, 0.25) is 0 Å². The minimum Gasteiger partial charge on any atom is -0.342 e. The Morgan fingerprint density at radius 2 is 1.62 bits per heavy atom. The van der Waals surface area contributed by atoms with E-state index < -0.39 is 5.54 Å². The number of carbonyl (C=O) groups excluding carboxylic acids is 1. The average molecular weight is 282 g/mol. The zero-order valence-corrected chi connectivity index (χ0v) is 12.8. The number of benzene rings is 2. The Morgan fingerprint density at radius 1 is 1.05 bits per heavy atom. The lowest BCUT2D eigenvalue weighted by Crippen LogP contribution is -2.49. The maximum atomic E-state index is 12.7. The van der Waals surface area contributed by atoms with Gasteiger partial charge in [0, 0.05) is 12.1 Å². The quantitative estimate of drug-likeness (QED) is 0.906. The second-order valence-electron chi connectivity index (χ2n) is 5.62. The van der Waals surface area contributed by atoms with Gasteiger partial charge in [-0.3, -0.25) is 4.79 Å². The van der Waals surface area contributed by atoms with Crippen LogP contribution in [0, 0.1) is 13.8 Å². The van der Waals surface area contributed by atoms with E-state index in [9.17, 15) is 4.79 Å². The van der Waals surface area contributed by atoms with E-state index in [0.29, 0.717) is 6.54 Å². The molecule has 2 aromatic rings. The van der Waals surface area contributed by atoms with Crippen LogP contribution in [-0.4, -0.2) is 12.5 Å². The van der Waals surface area contributed by atoms with Crippen LogP contribution in [-0.2, 0) is 5.54 Å². The molecule has 3 heteroatoms. The molecule has 0 saturated carbocycles. The Bertz CT molecular complexity index is 617. The highest BCUT2D eigenvalue weighted by Gasteiger charge is 2.28. The van der Waals surface area contributed by atoms with E-state index in [1.54, 1.807) is 0 Å². The molecule has 0 saturated heterocycles. The number of carbonyl (C=O) groups is 1. The summed E-state index contributed by atoms with van der Waals surface area (Å²) in [6, 6.07) is 15.7. The summed E-state index contributed by atoms with van der Waals surface area (Å²) in [6.45, 7) is 6.19. The molecule has 1 unspecified atom stereocenters. The minimum atomic E-state index is -0.576. The number of rotatable bonds is 4. The van der Waals surface area contributed by atoms with Crippen molar-refractivity contribution in [3.05, 3.63) is 70.8 Å². The van der Waals surface area contributed by atoms with Gasteiger partial charge in [0.25, 0.3) is 5.91 Å². The van der Waals surface area contributed by atoms with Crippen LogP contribution in [0.25, 0.3) is 0 Å². The summed E-state index contributed by atoms with van der Waals surface area (Å²) < 4.78 is 0. The number of nitrogens with one attached hydrogen (secondary N) is 1. The molecular weight excluding hydrogens is 260 g/mol. The van der Waals surface area contributed by atoms with Crippen molar-refractivity contribution in [2.45, 2.75) is 26.3 Å². The molecule has 0 aliphatic carbocycles.